The molecule has 0 saturated heterocycles. The van der Waals surface area contributed by atoms with Crippen LogP contribution in [0.5, 0.6) is 0 Å². The fourth-order valence-electron chi connectivity index (χ4n) is 2.83. The van der Waals surface area contributed by atoms with E-state index in [9.17, 15) is 4.79 Å². The zero-order chi connectivity index (χ0) is 13.2. The van der Waals surface area contributed by atoms with E-state index < -0.39 is 5.43 Å². The van der Waals surface area contributed by atoms with E-state index in [1.54, 1.807) is 0 Å². The van der Waals surface area contributed by atoms with Gasteiger partial charge in [0.15, 0.2) is 0 Å². The Labute approximate surface area is 117 Å². The molecule has 0 bridgehead atoms. The summed E-state index contributed by atoms with van der Waals surface area (Å²) < 4.78 is 4.86. The number of fused-ring (bicyclic) bond motifs is 3. The fraction of sp³-hybridized carbons (Fsp3) is 0.188. The zero-order valence-corrected chi connectivity index (χ0v) is 11.1. The molecule has 1 aliphatic carbocycles. The Balaban J connectivity index is 1.93. The van der Waals surface area contributed by atoms with Crippen LogP contribution in [0.2, 0.25) is 0 Å². The number of carbonyl (C=O) groups excluding carboxylic acids is 1. The van der Waals surface area contributed by atoms with Crippen LogP contribution in [0, 0.1) is 0 Å². The van der Waals surface area contributed by atoms with Crippen molar-refractivity contribution in [1.82, 2.24) is 0 Å². The summed E-state index contributed by atoms with van der Waals surface area (Å²) in [6, 6.07) is 16.8. The normalized spacial score (nSPS) is 12.9. The molecule has 1 aliphatic rings. The third-order valence-corrected chi connectivity index (χ3v) is 3.69. The summed E-state index contributed by atoms with van der Waals surface area (Å²) in [7, 11) is 0. The monoisotopic (exact) mass is 272 g/mol. The van der Waals surface area contributed by atoms with Gasteiger partial charge in [0.2, 0.25) is 0 Å². The minimum atomic E-state index is -0.737. The highest BCUT2D eigenvalue weighted by Gasteiger charge is 2.27. The molecule has 96 valence electrons. The summed E-state index contributed by atoms with van der Waals surface area (Å²) in [5.41, 5.74) is 4.42. The summed E-state index contributed by atoms with van der Waals surface area (Å²) >= 11 is 5.20. The Morgan fingerprint density at radius 2 is 1.53 bits per heavy atom. The van der Waals surface area contributed by atoms with Crippen molar-refractivity contribution >= 4 is 17.0 Å². The van der Waals surface area contributed by atoms with Gasteiger partial charge in [0.05, 0.1) is 6.61 Å². The average molecular weight is 273 g/mol. The largest absolute Gasteiger partial charge is 0.454 e. The second kappa shape index (κ2) is 5.06. The predicted molar refractivity (Wildman–Crippen MR) is 75.5 cm³/mol. The van der Waals surface area contributed by atoms with Crippen molar-refractivity contribution in [2.24, 2.45) is 0 Å². The molecule has 19 heavy (non-hydrogen) atoms. The molecular weight excluding hydrogens is 260 g/mol. The van der Waals surface area contributed by atoms with Crippen molar-refractivity contribution in [3.05, 3.63) is 59.7 Å². The lowest BCUT2D eigenvalue weighted by atomic mass is 9.94. The molecule has 0 fully saturated rings. The molecule has 0 N–H and O–H groups in total. The van der Waals surface area contributed by atoms with Gasteiger partial charge >= 0.3 is 5.43 Å². The third-order valence-electron chi connectivity index (χ3n) is 3.58. The first-order valence-corrected chi connectivity index (χ1v) is 6.65. The molecule has 3 rings (SSSR count). The van der Waals surface area contributed by atoms with Crippen molar-refractivity contribution in [3.8, 4) is 11.1 Å². The summed E-state index contributed by atoms with van der Waals surface area (Å²) in [5, 5.41) is 0. The Morgan fingerprint density at radius 3 is 2.05 bits per heavy atom. The lowest BCUT2D eigenvalue weighted by Gasteiger charge is -2.12. The van der Waals surface area contributed by atoms with Gasteiger partial charge in [-0.1, -0.05) is 48.5 Å². The standard InChI is InChI=1S/C16H13ClO2/c17-16(18)19-10-9-15-13-7-3-1-5-11(13)12-6-2-4-8-14(12)15/h1-8,15H,9-10H2. The molecule has 2 aromatic carbocycles. The molecule has 0 heterocycles. The molecule has 0 saturated carbocycles. The molecule has 0 aliphatic heterocycles. The number of rotatable bonds is 3. The summed E-state index contributed by atoms with van der Waals surface area (Å²) in [6.45, 7) is 0.343. The molecule has 0 amide bonds. The zero-order valence-electron chi connectivity index (χ0n) is 10.3. The molecule has 0 unspecified atom stereocenters. The highest BCUT2D eigenvalue weighted by Crippen LogP contribution is 2.45. The van der Waals surface area contributed by atoms with Gasteiger partial charge in [0.1, 0.15) is 0 Å². The van der Waals surface area contributed by atoms with E-state index in [-0.39, 0.29) is 5.92 Å². The van der Waals surface area contributed by atoms with Crippen LogP contribution in [-0.2, 0) is 4.74 Å². The number of halogens is 1. The Bertz CT molecular complexity index is 576. The minimum Gasteiger partial charge on any atom is -0.454 e. The molecule has 2 nitrogen and oxygen atoms in total. The van der Waals surface area contributed by atoms with Gasteiger partial charge in [-0.2, -0.15) is 0 Å². The van der Waals surface area contributed by atoms with Crippen molar-refractivity contribution in [1.29, 1.82) is 0 Å². The van der Waals surface area contributed by atoms with Crippen LogP contribution in [0.15, 0.2) is 48.5 Å². The molecular formula is C16H13ClO2. The van der Waals surface area contributed by atoms with E-state index in [4.69, 9.17) is 16.3 Å². The smallest absolute Gasteiger partial charge is 0.403 e. The van der Waals surface area contributed by atoms with E-state index in [0.717, 1.165) is 6.42 Å². The van der Waals surface area contributed by atoms with Gasteiger partial charge < -0.3 is 4.74 Å². The maximum Gasteiger partial charge on any atom is 0.403 e. The molecule has 0 atom stereocenters. The summed E-state index contributed by atoms with van der Waals surface area (Å²) in [6.07, 6.45) is 0.756. The number of carbonyl (C=O) groups is 1. The highest BCUT2D eigenvalue weighted by atomic mass is 35.5. The number of hydrogen-bond donors (Lipinski definition) is 0. The summed E-state index contributed by atoms with van der Waals surface area (Å²) in [4.78, 5) is 10.7. The Hall–Kier alpha value is -1.80. The second-order valence-electron chi connectivity index (χ2n) is 4.60. The number of ether oxygens (including phenoxy) is 1. The summed E-state index contributed by atoms with van der Waals surface area (Å²) in [5.74, 6) is 0.281. The van der Waals surface area contributed by atoms with E-state index in [1.807, 2.05) is 12.1 Å². The van der Waals surface area contributed by atoms with Crippen molar-refractivity contribution in [2.45, 2.75) is 12.3 Å². The second-order valence-corrected chi connectivity index (χ2v) is 4.91. The minimum absolute atomic E-state index is 0.281. The van der Waals surface area contributed by atoms with E-state index in [2.05, 4.69) is 36.4 Å². The van der Waals surface area contributed by atoms with Crippen molar-refractivity contribution in [2.75, 3.05) is 6.61 Å². The van der Waals surface area contributed by atoms with Crippen LogP contribution in [0.25, 0.3) is 11.1 Å². The topological polar surface area (TPSA) is 26.3 Å². The van der Waals surface area contributed by atoms with Crippen LogP contribution in [0.4, 0.5) is 4.79 Å². The molecule has 2 aromatic rings. The lowest BCUT2D eigenvalue weighted by molar-refractivity contribution is 0.170. The molecule has 0 spiro atoms. The van der Waals surface area contributed by atoms with Crippen LogP contribution >= 0.6 is 11.6 Å². The van der Waals surface area contributed by atoms with Crippen molar-refractivity contribution < 1.29 is 9.53 Å². The van der Waals surface area contributed by atoms with Crippen LogP contribution in [0.1, 0.15) is 23.5 Å². The lowest BCUT2D eigenvalue weighted by Crippen LogP contribution is -2.04. The van der Waals surface area contributed by atoms with Crippen LogP contribution in [-0.4, -0.2) is 12.0 Å². The van der Waals surface area contributed by atoms with Crippen LogP contribution in [0.3, 0.4) is 0 Å². The van der Waals surface area contributed by atoms with E-state index in [1.165, 1.54) is 22.3 Å². The van der Waals surface area contributed by atoms with Crippen LogP contribution < -0.4 is 0 Å². The van der Waals surface area contributed by atoms with Crippen molar-refractivity contribution in [3.63, 3.8) is 0 Å². The van der Waals surface area contributed by atoms with Gasteiger partial charge in [0, 0.05) is 17.5 Å². The van der Waals surface area contributed by atoms with Gasteiger partial charge in [0.25, 0.3) is 0 Å². The predicted octanol–water partition coefficient (Wildman–Crippen LogP) is 4.56. The molecule has 0 radical (unpaired) electrons. The van der Waals surface area contributed by atoms with Gasteiger partial charge in [-0.05, 0) is 28.7 Å². The van der Waals surface area contributed by atoms with Gasteiger partial charge in [-0.3, -0.25) is 0 Å². The van der Waals surface area contributed by atoms with E-state index >= 15 is 0 Å². The first-order valence-electron chi connectivity index (χ1n) is 6.28. The first kappa shape index (κ1) is 12.2. The molecule has 3 heteroatoms. The fourth-order valence-corrected chi connectivity index (χ4v) is 2.91. The maximum absolute atomic E-state index is 10.7. The van der Waals surface area contributed by atoms with Gasteiger partial charge in [-0.15, -0.1) is 0 Å². The van der Waals surface area contributed by atoms with E-state index in [0.29, 0.717) is 6.61 Å². The van der Waals surface area contributed by atoms with Gasteiger partial charge in [-0.25, -0.2) is 4.79 Å². The third kappa shape index (κ3) is 2.24. The number of benzene rings is 2. The maximum atomic E-state index is 10.7. The first-order chi connectivity index (χ1) is 9.27. The quantitative estimate of drug-likeness (QED) is 0.766. The highest BCUT2D eigenvalue weighted by molar-refractivity contribution is 6.61. The average Bonchev–Trinajstić information content (AvgIpc) is 2.74. The Kier molecular flexibility index (Phi) is 3.26. The SMILES string of the molecule is O=C(Cl)OCCC1c2ccccc2-c2ccccc21. The Morgan fingerprint density at radius 1 is 1.00 bits per heavy atom. The number of hydrogen-bond acceptors (Lipinski definition) is 2. The molecule has 0 aromatic heterocycles.